The summed E-state index contributed by atoms with van der Waals surface area (Å²) in [6.45, 7) is 1.42. The van der Waals surface area contributed by atoms with Crippen molar-refractivity contribution in [3.8, 4) is 0 Å². The second kappa shape index (κ2) is 8.61. The fraction of sp³-hybridized carbons (Fsp3) is 0.400. The number of amides is 1. The summed E-state index contributed by atoms with van der Waals surface area (Å²) in [5.41, 5.74) is 0.451. The number of benzene rings is 1. The zero-order valence-corrected chi connectivity index (χ0v) is 18.4. The molecule has 0 bridgehead atoms. The number of pyridine rings is 2. The first-order valence-corrected chi connectivity index (χ1v) is 11.4. The molecule has 5 rings (SSSR count). The van der Waals surface area contributed by atoms with Crippen molar-refractivity contribution in [3.63, 3.8) is 0 Å². The maximum atomic E-state index is 13.9. The number of fused-ring (bicyclic) bond motifs is 1. The van der Waals surface area contributed by atoms with Crippen LogP contribution in [0.4, 0.5) is 23.2 Å². The fourth-order valence-corrected chi connectivity index (χ4v) is 5.20. The highest BCUT2D eigenvalue weighted by atomic mass is 19.4. The fourth-order valence-electron chi connectivity index (χ4n) is 5.20. The smallest absolute Gasteiger partial charge is 0.323 e. The number of alkyl halides is 3. The molecule has 1 N–H and O–H groups in total. The first-order chi connectivity index (χ1) is 16.3. The summed E-state index contributed by atoms with van der Waals surface area (Å²) in [6.07, 6.45) is 2.27. The highest BCUT2D eigenvalue weighted by Crippen LogP contribution is 2.43. The molecule has 34 heavy (non-hydrogen) atoms. The van der Waals surface area contributed by atoms with E-state index in [1.54, 1.807) is 12.3 Å². The van der Waals surface area contributed by atoms with Gasteiger partial charge >= 0.3 is 6.18 Å². The Kier molecular flexibility index (Phi) is 5.75. The van der Waals surface area contributed by atoms with Gasteiger partial charge in [0.15, 0.2) is 0 Å². The van der Waals surface area contributed by atoms with Gasteiger partial charge in [-0.2, -0.15) is 13.2 Å². The molecule has 3 heterocycles. The maximum absolute atomic E-state index is 13.9. The number of likely N-dealkylation sites (tertiary alicyclic amines) is 1. The van der Waals surface area contributed by atoms with Crippen LogP contribution in [-0.2, 0) is 11.0 Å². The molecule has 5 nitrogen and oxygen atoms in total. The van der Waals surface area contributed by atoms with Crippen molar-refractivity contribution in [1.29, 1.82) is 0 Å². The number of aromatic nitrogens is 2. The summed E-state index contributed by atoms with van der Waals surface area (Å²) in [4.78, 5) is 23.2. The third-order valence-electron chi connectivity index (χ3n) is 7.19. The number of nitrogens with one attached hydrogen (secondary N) is 1. The van der Waals surface area contributed by atoms with E-state index in [2.05, 4.69) is 20.2 Å². The Labute approximate surface area is 194 Å². The SMILES string of the molecule is O=C(Nc1ccc(C(F)(F)F)nc1)C1(N2CCC(c3ccnc4ccc(F)cc34)CC2)CCC1. The lowest BCUT2D eigenvalue weighted by molar-refractivity contribution is -0.141. The Morgan fingerprint density at radius 1 is 1.06 bits per heavy atom. The van der Waals surface area contributed by atoms with E-state index in [4.69, 9.17) is 0 Å². The van der Waals surface area contributed by atoms with Gasteiger partial charge in [0.1, 0.15) is 17.1 Å². The molecule has 2 fully saturated rings. The normalized spacial score (nSPS) is 19.1. The number of nitrogens with zero attached hydrogens (tertiary/aromatic N) is 3. The monoisotopic (exact) mass is 472 g/mol. The highest BCUT2D eigenvalue weighted by Gasteiger charge is 2.49. The van der Waals surface area contributed by atoms with Gasteiger partial charge in [0.25, 0.3) is 0 Å². The van der Waals surface area contributed by atoms with Crippen molar-refractivity contribution in [3.05, 3.63) is 65.9 Å². The molecule has 1 aromatic carbocycles. The summed E-state index contributed by atoms with van der Waals surface area (Å²) in [5.74, 6) is -0.250. The number of carbonyl (C=O) groups is 1. The molecular weight excluding hydrogens is 448 g/mol. The van der Waals surface area contributed by atoms with Gasteiger partial charge in [-0.05, 0) is 93.1 Å². The number of hydrogen-bond donors (Lipinski definition) is 1. The summed E-state index contributed by atoms with van der Waals surface area (Å²) in [7, 11) is 0. The van der Waals surface area contributed by atoms with Gasteiger partial charge in [0, 0.05) is 11.6 Å². The van der Waals surface area contributed by atoms with Gasteiger partial charge in [0.05, 0.1) is 17.4 Å². The summed E-state index contributed by atoms with van der Waals surface area (Å²) < 4.78 is 52.1. The minimum atomic E-state index is -4.52. The molecule has 0 spiro atoms. The number of rotatable bonds is 4. The Morgan fingerprint density at radius 2 is 1.82 bits per heavy atom. The van der Waals surface area contributed by atoms with E-state index in [1.165, 1.54) is 18.2 Å². The van der Waals surface area contributed by atoms with Gasteiger partial charge in [-0.25, -0.2) is 9.37 Å². The van der Waals surface area contributed by atoms with Crippen molar-refractivity contribution >= 4 is 22.5 Å². The van der Waals surface area contributed by atoms with Crippen LogP contribution < -0.4 is 5.32 Å². The van der Waals surface area contributed by atoms with Crippen LogP contribution in [0, 0.1) is 5.82 Å². The molecule has 0 atom stereocenters. The number of anilines is 1. The van der Waals surface area contributed by atoms with Crippen LogP contribution in [-0.4, -0.2) is 39.4 Å². The molecule has 0 radical (unpaired) electrons. The molecule has 0 unspecified atom stereocenters. The average molecular weight is 472 g/mol. The molecule has 2 aliphatic rings. The van der Waals surface area contributed by atoms with Gasteiger partial charge in [-0.15, -0.1) is 0 Å². The molecule has 1 aliphatic heterocycles. The molecule has 1 aliphatic carbocycles. The Bertz CT molecular complexity index is 1200. The Balaban J connectivity index is 1.28. The lowest BCUT2D eigenvalue weighted by Gasteiger charge is -2.51. The minimum absolute atomic E-state index is 0.199. The van der Waals surface area contributed by atoms with Crippen LogP contribution in [0.25, 0.3) is 10.9 Å². The van der Waals surface area contributed by atoms with E-state index in [0.717, 1.165) is 48.0 Å². The first-order valence-electron chi connectivity index (χ1n) is 11.4. The summed E-state index contributed by atoms with van der Waals surface area (Å²) >= 11 is 0. The predicted octanol–water partition coefficient (Wildman–Crippen LogP) is 5.53. The van der Waals surface area contributed by atoms with Gasteiger partial charge in [-0.1, -0.05) is 0 Å². The standard InChI is InChI=1S/C25H24F4N4O/c26-17-2-4-21-20(14-17)19(6-11-30-21)16-7-12-33(13-8-16)24(9-1-10-24)23(34)32-18-3-5-22(31-15-18)25(27,28)29/h2-6,11,14-16H,1,7-10,12-13H2,(H,32,34). The second-order valence-corrected chi connectivity index (χ2v) is 9.09. The van der Waals surface area contributed by atoms with Crippen LogP contribution in [0.15, 0.2) is 48.8 Å². The summed E-state index contributed by atoms with van der Waals surface area (Å²) in [5, 5.41) is 3.60. The predicted molar refractivity (Wildman–Crippen MR) is 120 cm³/mol. The van der Waals surface area contributed by atoms with E-state index < -0.39 is 17.4 Å². The van der Waals surface area contributed by atoms with Crippen LogP contribution in [0.3, 0.4) is 0 Å². The van der Waals surface area contributed by atoms with E-state index >= 15 is 0 Å². The number of piperidine rings is 1. The van der Waals surface area contributed by atoms with Crippen molar-refractivity contribution in [2.75, 3.05) is 18.4 Å². The van der Waals surface area contributed by atoms with Crippen LogP contribution in [0.1, 0.15) is 49.3 Å². The largest absolute Gasteiger partial charge is 0.433 e. The maximum Gasteiger partial charge on any atom is 0.433 e. The number of hydrogen-bond acceptors (Lipinski definition) is 4. The van der Waals surface area contributed by atoms with Crippen molar-refractivity contribution in [2.24, 2.45) is 0 Å². The molecule has 1 amide bonds. The van der Waals surface area contributed by atoms with Crippen molar-refractivity contribution in [2.45, 2.75) is 49.7 Å². The minimum Gasteiger partial charge on any atom is -0.323 e. The van der Waals surface area contributed by atoms with Crippen molar-refractivity contribution < 1.29 is 22.4 Å². The lowest BCUT2D eigenvalue weighted by atomic mass is 9.72. The van der Waals surface area contributed by atoms with E-state index in [0.29, 0.717) is 25.9 Å². The first kappa shape index (κ1) is 22.7. The van der Waals surface area contributed by atoms with E-state index in [9.17, 15) is 22.4 Å². The Morgan fingerprint density at radius 3 is 2.44 bits per heavy atom. The Hall–Kier alpha value is -3.07. The molecule has 3 aromatic rings. The van der Waals surface area contributed by atoms with Crippen LogP contribution in [0.2, 0.25) is 0 Å². The molecule has 178 valence electrons. The molecule has 9 heteroatoms. The van der Waals surface area contributed by atoms with E-state index in [1.807, 2.05) is 6.07 Å². The van der Waals surface area contributed by atoms with E-state index in [-0.39, 0.29) is 23.3 Å². The third kappa shape index (κ3) is 4.13. The van der Waals surface area contributed by atoms with Gasteiger partial charge in [0.2, 0.25) is 5.91 Å². The summed E-state index contributed by atoms with van der Waals surface area (Å²) in [6, 6.07) is 8.69. The zero-order valence-electron chi connectivity index (χ0n) is 18.4. The van der Waals surface area contributed by atoms with Crippen molar-refractivity contribution in [1.82, 2.24) is 14.9 Å². The molecule has 1 saturated carbocycles. The third-order valence-corrected chi connectivity index (χ3v) is 7.19. The lowest BCUT2D eigenvalue weighted by Crippen LogP contribution is -2.62. The quantitative estimate of drug-likeness (QED) is 0.508. The number of carbonyl (C=O) groups excluding carboxylic acids is 1. The average Bonchev–Trinajstić information content (AvgIpc) is 2.78. The molecular formula is C25H24F4N4O. The topological polar surface area (TPSA) is 58.1 Å². The van der Waals surface area contributed by atoms with Crippen LogP contribution >= 0.6 is 0 Å². The highest BCUT2D eigenvalue weighted by molar-refractivity contribution is 5.98. The molecule has 2 aromatic heterocycles. The van der Waals surface area contributed by atoms with Gasteiger partial charge < -0.3 is 5.32 Å². The number of halogens is 4. The van der Waals surface area contributed by atoms with Crippen LogP contribution in [0.5, 0.6) is 0 Å². The zero-order chi connectivity index (χ0) is 23.9. The molecule has 1 saturated heterocycles. The second-order valence-electron chi connectivity index (χ2n) is 9.09. The van der Waals surface area contributed by atoms with Gasteiger partial charge in [-0.3, -0.25) is 14.7 Å².